The van der Waals surface area contributed by atoms with Crippen LogP contribution in [0.5, 0.6) is 0 Å². The molecule has 11 heavy (non-hydrogen) atoms. The summed E-state index contributed by atoms with van der Waals surface area (Å²) in [6, 6.07) is 0. The van der Waals surface area contributed by atoms with Crippen molar-refractivity contribution in [2.45, 2.75) is 25.7 Å². The summed E-state index contributed by atoms with van der Waals surface area (Å²) >= 11 is 0. The SMILES string of the molecule is [CH]1C=CCCC=CCC=CC1. The van der Waals surface area contributed by atoms with Gasteiger partial charge in [0, 0.05) is 0 Å². The Morgan fingerprint density at radius 2 is 1.36 bits per heavy atom. The Labute approximate surface area is 69.3 Å². The van der Waals surface area contributed by atoms with Crippen molar-refractivity contribution in [3.63, 3.8) is 0 Å². The molecule has 1 aliphatic carbocycles. The third-order valence-corrected chi connectivity index (χ3v) is 1.65. The average Bonchev–Trinajstić information content (AvgIpc) is 2.08. The summed E-state index contributed by atoms with van der Waals surface area (Å²) < 4.78 is 0. The second-order valence-electron chi connectivity index (χ2n) is 2.66. The Balaban J connectivity index is 2.34. The van der Waals surface area contributed by atoms with Crippen LogP contribution >= 0.6 is 0 Å². The Morgan fingerprint density at radius 1 is 0.636 bits per heavy atom. The van der Waals surface area contributed by atoms with E-state index in [4.69, 9.17) is 0 Å². The second kappa shape index (κ2) is 5.96. The summed E-state index contributed by atoms with van der Waals surface area (Å²) in [5, 5.41) is 0. The van der Waals surface area contributed by atoms with Gasteiger partial charge in [0.2, 0.25) is 0 Å². The van der Waals surface area contributed by atoms with E-state index in [1.807, 2.05) is 0 Å². The van der Waals surface area contributed by atoms with Crippen LogP contribution in [0.15, 0.2) is 36.5 Å². The molecule has 59 valence electrons. The van der Waals surface area contributed by atoms with Gasteiger partial charge in [-0.2, -0.15) is 0 Å². The standard InChI is InChI=1S/C11H15/c1-2-4-6-8-10-11-9-7-5-3-1/h1-3,6,8-9,11H,4-5,7,10H2. The highest BCUT2D eigenvalue weighted by Gasteiger charge is 1.81. The molecule has 1 radical (unpaired) electrons. The molecule has 0 nitrogen and oxygen atoms in total. The minimum atomic E-state index is 1.07. The Morgan fingerprint density at radius 3 is 2.36 bits per heavy atom. The van der Waals surface area contributed by atoms with Crippen molar-refractivity contribution in [3.05, 3.63) is 42.9 Å². The van der Waals surface area contributed by atoms with Crippen LogP contribution in [0, 0.1) is 6.42 Å². The van der Waals surface area contributed by atoms with Crippen LogP contribution in [0.3, 0.4) is 0 Å². The lowest BCUT2D eigenvalue weighted by Gasteiger charge is -1.85. The van der Waals surface area contributed by atoms with E-state index in [1.165, 1.54) is 12.8 Å². The maximum absolute atomic E-state index is 2.25. The summed E-state index contributed by atoms with van der Waals surface area (Å²) in [6.45, 7) is 0. The number of rotatable bonds is 0. The monoisotopic (exact) mass is 147 g/mol. The summed E-state index contributed by atoms with van der Waals surface area (Å²) in [5.74, 6) is 0. The van der Waals surface area contributed by atoms with Gasteiger partial charge in [-0.15, -0.1) is 0 Å². The molecule has 0 saturated carbocycles. The van der Waals surface area contributed by atoms with Crippen LogP contribution in [0.2, 0.25) is 0 Å². The highest BCUT2D eigenvalue weighted by atomic mass is 13.9. The van der Waals surface area contributed by atoms with E-state index in [9.17, 15) is 0 Å². The Kier molecular flexibility index (Phi) is 4.51. The van der Waals surface area contributed by atoms with Crippen molar-refractivity contribution < 1.29 is 0 Å². The van der Waals surface area contributed by atoms with Crippen molar-refractivity contribution in [3.8, 4) is 0 Å². The van der Waals surface area contributed by atoms with Crippen molar-refractivity contribution >= 4 is 0 Å². The van der Waals surface area contributed by atoms with Crippen molar-refractivity contribution in [1.82, 2.24) is 0 Å². The molecule has 0 N–H and O–H groups in total. The molecule has 0 aromatic rings. The minimum Gasteiger partial charge on any atom is -0.0879 e. The molecule has 0 heteroatoms. The fraction of sp³-hybridized carbons (Fsp3) is 0.364. The molecule has 0 aliphatic heterocycles. The summed E-state index contributed by atoms with van der Waals surface area (Å²) in [5.41, 5.74) is 0. The third kappa shape index (κ3) is 4.60. The molecule has 0 bridgehead atoms. The zero-order chi connectivity index (χ0) is 7.78. The molecule has 0 saturated heterocycles. The Bertz CT molecular complexity index is 143. The third-order valence-electron chi connectivity index (χ3n) is 1.65. The summed E-state index contributed by atoms with van der Waals surface area (Å²) in [7, 11) is 0. The molecular weight excluding hydrogens is 132 g/mol. The van der Waals surface area contributed by atoms with Crippen molar-refractivity contribution in [2.24, 2.45) is 0 Å². The first-order valence-electron chi connectivity index (χ1n) is 4.28. The fourth-order valence-electron chi connectivity index (χ4n) is 1.03. The van der Waals surface area contributed by atoms with Gasteiger partial charge in [0.15, 0.2) is 0 Å². The van der Waals surface area contributed by atoms with Crippen molar-refractivity contribution in [1.29, 1.82) is 0 Å². The molecule has 0 aromatic carbocycles. The molecule has 0 amide bonds. The van der Waals surface area contributed by atoms with Gasteiger partial charge in [0.05, 0.1) is 0 Å². The first-order chi connectivity index (χ1) is 5.50. The van der Waals surface area contributed by atoms with E-state index in [1.54, 1.807) is 0 Å². The highest BCUT2D eigenvalue weighted by molar-refractivity contribution is 5.03. The van der Waals surface area contributed by atoms with E-state index < -0.39 is 0 Å². The average molecular weight is 147 g/mol. The topological polar surface area (TPSA) is 0 Å². The number of hydrogen-bond acceptors (Lipinski definition) is 0. The van der Waals surface area contributed by atoms with E-state index in [-0.39, 0.29) is 0 Å². The van der Waals surface area contributed by atoms with Crippen LogP contribution in [0.1, 0.15) is 25.7 Å². The van der Waals surface area contributed by atoms with Gasteiger partial charge >= 0.3 is 0 Å². The van der Waals surface area contributed by atoms with Gasteiger partial charge < -0.3 is 0 Å². The van der Waals surface area contributed by atoms with E-state index in [2.05, 4.69) is 42.9 Å². The fourth-order valence-corrected chi connectivity index (χ4v) is 1.03. The van der Waals surface area contributed by atoms with Crippen LogP contribution < -0.4 is 0 Å². The van der Waals surface area contributed by atoms with Crippen molar-refractivity contribution in [2.75, 3.05) is 0 Å². The van der Waals surface area contributed by atoms with Gasteiger partial charge in [0.1, 0.15) is 0 Å². The van der Waals surface area contributed by atoms with E-state index in [0.29, 0.717) is 0 Å². The number of hydrogen-bond donors (Lipinski definition) is 0. The lowest BCUT2D eigenvalue weighted by molar-refractivity contribution is 1.04. The molecule has 0 fully saturated rings. The molecule has 0 heterocycles. The predicted molar refractivity (Wildman–Crippen MR) is 50.2 cm³/mol. The smallest absolute Gasteiger partial charge is 0.0133 e. The van der Waals surface area contributed by atoms with E-state index in [0.717, 1.165) is 12.8 Å². The van der Waals surface area contributed by atoms with Gasteiger partial charge in [-0.25, -0.2) is 0 Å². The first-order valence-corrected chi connectivity index (χ1v) is 4.28. The highest BCUT2D eigenvalue weighted by Crippen LogP contribution is 2.00. The molecule has 0 unspecified atom stereocenters. The lowest BCUT2D eigenvalue weighted by atomic mass is 10.2. The van der Waals surface area contributed by atoms with Gasteiger partial charge in [-0.1, -0.05) is 36.5 Å². The molecular formula is C11H15. The van der Waals surface area contributed by atoms with Crippen LogP contribution in [0.4, 0.5) is 0 Å². The molecule has 0 spiro atoms. The maximum atomic E-state index is 2.25. The second-order valence-corrected chi connectivity index (χ2v) is 2.66. The first kappa shape index (κ1) is 8.32. The molecule has 1 rings (SSSR count). The quantitative estimate of drug-likeness (QED) is 0.460. The summed E-state index contributed by atoms with van der Waals surface area (Å²) in [4.78, 5) is 0. The minimum absolute atomic E-state index is 1.07. The van der Waals surface area contributed by atoms with Crippen LogP contribution in [0.25, 0.3) is 0 Å². The van der Waals surface area contributed by atoms with Gasteiger partial charge in [0.25, 0.3) is 0 Å². The van der Waals surface area contributed by atoms with Crippen LogP contribution in [-0.2, 0) is 0 Å². The molecule has 1 aliphatic rings. The van der Waals surface area contributed by atoms with Gasteiger partial charge in [-0.3, -0.25) is 0 Å². The predicted octanol–water partition coefficient (Wildman–Crippen LogP) is 3.43. The summed E-state index contributed by atoms with van der Waals surface area (Å²) in [6.07, 6.45) is 20.0. The maximum Gasteiger partial charge on any atom is -0.0133 e. The normalized spacial score (nSPS) is 19.6. The molecule has 0 aromatic heterocycles. The lowest BCUT2D eigenvalue weighted by Crippen LogP contribution is -1.66. The molecule has 0 atom stereocenters. The van der Waals surface area contributed by atoms with E-state index >= 15 is 0 Å². The van der Waals surface area contributed by atoms with Crippen LogP contribution in [-0.4, -0.2) is 0 Å². The zero-order valence-electron chi connectivity index (χ0n) is 6.87. The zero-order valence-corrected chi connectivity index (χ0v) is 6.87. The van der Waals surface area contributed by atoms with Gasteiger partial charge in [-0.05, 0) is 32.1 Å². The number of allylic oxidation sites excluding steroid dienone is 6. The Hall–Kier alpha value is -0.780. The largest absolute Gasteiger partial charge is 0.0879 e.